The van der Waals surface area contributed by atoms with Gasteiger partial charge in [0.25, 0.3) is 11.8 Å². The second-order valence-corrected chi connectivity index (χ2v) is 9.56. The lowest BCUT2D eigenvalue weighted by Gasteiger charge is -2.21. The number of rotatable bonds is 4. The molecule has 2 amide bonds. The second kappa shape index (κ2) is 9.95. The lowest BCUT2D eigenvalue weighted by Crippen LogP contribution is -2.31. The number of nitrogens with one attached hydrogen (secondary N) is 1. The van der Waals surface area contributed by atoms with Crippen LogP contribution in [0, 0.1) is 11.8 Å². The fraction of sp³-hybridized carbons (Fsp3) is 0.250. The zero-order valence-corrected chi connectivity index (χ0v) is 21.0. The Hall–Kier alpha value is -4.75. The van der Waals surface area contributed by atoms with Crippen LogP contribution < -0.4 is 11.1 Å². The molecule has 0 radical (unpaired) electrons. The van der Waals surface area contributed by atoms with Crippen molar-refractivity contribution in [2.45, 2.75) is 38.3 Å². The highest BCUT2D eigenvalue weighted by Gasteiger charge is 2.33. The number of pyridine rings is 1. The summed E-state index contributed by atoms with van der Waals surface area (Å²) in [4.78, 5) is 40.5. The summed E-state index contributed by atoms with van der Waals surface area (Å²) in [7, 11) is 0. The molecule has 10 nitrogen and oxygen atoms in total. The zero-order valence-electron chi connectivity index (χ0n) is 21.0. The molecule has 1 unspecified atom stereocenters. The van der Waals surface area contributed by atoms with E-state index < -0.39 is 5.60 Å². The fourth-order valence-corrected chi connectivity index (χ4v) is 4.48. The summed E-state index contributed by atoms with van der Waals surface area (Å²) >= 11 is 0. The summed E-state index contributed by atoms with van der Waals surface area (Å²) in [5.41, 5.74) is 7.46. The molecule has 1 aliphatic rings. The van der Waals surface area contributed by atoms with E-state index in [1.807, 2.05) is 4.40 Å². The minimum Gasteiger partial charge on any atom is -0.382 e. The number of nitrogen functional groups attached to an aromatic ring is 1. The number of aliphatic hydroxyl groups is 1. The molecule has 1 fully saturated rings. The number of hydrogen-bond acceptors (Lipinski definition) is 7. The molecular formula is C28H27N7O3. The molecule has 5 rings (SSSR count). The smallest absolute Gasteiger partial charge is 0.299 e. The molecule has 1 atom stereocenters. The van der Waals surface area contributed by atoms with E-state index in [9.17, 15) is 14.7 Å². The summed E-state index contributed by atoms with van der Waals surface area (Å²) < 4.78 is 1.86. The molecule has 0 aliphatic carbocycles. The standard InChI is InChI=1S/C28H27N7O3/c1-28(2,38)13-12-22(36)34-16-5-6-20(34)26-33-23(24-25(29)31-15-17-35(24)26)18-8-10-19(11-9-18)27(37)32-21-7-3-4-14-30-21/h3-4,7-11,14-15,17,20,38H,5-6,16H2,1-2H3,(H2,29,31)(H,30,32,37). The number of likely N-dealkylation sites (tertiary alicyclic amines) is 1. The predicted molar refractivity (Wildman–Crippen MR) is 143 cm³/mol. The summed E-state index contributed by atoms with van der Waals surface area (Å²) in [5, 5.41) is 12.7. The van der Waals surface area contributed by atoms with Crippen LogP contribution in [0.25, 0.3) is 16.8 Å². The maximum atomic E-state index is 12.9. The van der Waals surface area contributed by atoms with Crippen LogP contribution in [0.15, 0.2) is 61.1 Å². The molecule has 1 saturated heterocycles. The van der Waals surface area contributed by atoms with E-state index in [2.05, 4.69) is 27.1 Å². The third-order valence-electron chi connectivity index (χ3n) is 6.22. The molecule has 1 aliphatic heterocycles. The highest BCUT2D eigenvalue weighted by atomic mass is 16.3. The average molecular weight is 510 g/mol. The number of aromatic nitrogens is 4. The molecule has 4 N–H and O–H groups in total. The van der Waals surface area contributed by atoms with E-state index in [1.54, 1.807) is 66.0 Å². The molecule has 3 aromatic heterocycles. The molecule has 4 heterocycles. The number of nitrogens with two attached hydrogens (primary N) is 1. The number of benzene rings is 1. The van der Waals surface area contributed by atoms with Gasteiger partial charge in [-0.05, 0) is 56.9 Å². The third kappa shape index (κ3) is 5.05. The Morgan fingerprint density at radius 1 is 1.13 bits per heavy atom. The number of carbonyl (C=O) groups is 2. The minimum absolute atomic E-state index is 0.279. The average Bonchev–Trinajstić information content (AvgIpc) is 3.53. The van der Waals surface area contributed by atoms with Crippen molar-refractivity contribution in [2.24, 2.45) is 0 Å². The molecule has 192 valence electrons. The first-order valence-electron chi connectivity index (χ1n) is 12.2. The van der Waals surface area contributed by atoms with Gasteiger partial charge in [0.05, 0.1) is 6.04 Å². The quantitative estimate of drug-likeness (QED) is 0.359. The molecule has 1 aromatic carbocycles. The Morgan fingerprint density at radius 3 is 2.63 bits per heavy atom. The molecule has 0 bridgehead atoms. The largest absolute Gasteiger partial charge is 0.382 e. The molecule has 10 heteroatoms. The monoisotopic (exact) mass is 509 g/mol. The van der Waals surface area contributed by atoms with Crippen molar-refractivity contribution in [3.8, 4) is 23.1 Å². The zero-order chi connectivity index (χ0) is 26.9. The Kier molecular flexibility index (Phi) is 6.53. The van der Waals surface area contributed by atoms with Gasteiger partial charge in [-0.3, -0.25) is 14.0 Å². The van der Waals surface area contributed by atoms with Crippen molar-refractivity contribution in [1.82, 2.24) is 24.3 Å². The Morgan fingerprint density at radius 2 is 1.92 bits per heavy atom. The van der Waals surface area contributed by atoms with Crippen molar-refractivity contribution >= 4 is 29.0 Å². The van der Waals surface area contributed by atoms with Gasteiger partial charge in [0.2, 0.25) is 0 Å². The van der Waals surface area contributed by atoms with E-state index in [-0.39, 0.29) is 17.9 Å². The SMILES string of the molecule is CC(C)(O)C#CC(=O)N1CCCC1c1nc(-c2ccc(C(=O)Nc3ccccn3)cc2)c2c(N)nccn12. The third-order valence-corrected chi connectivity index (χ3v) is 6.22. The van der Waals surface area contributed by atoms with Gasteiger partial charge in [-0.15, -0.1) is 0 Å². The Balaban J connectivity index is 1.48. The number of carbonyl (C=O) groups excluding carboxylic acids is 2. The van der Waals surface area contributed by atoms with Gasteiger partial charge in [0, 0.05) is 36.3 Å². The second-order valence-electron chi connectivity index (χ2n) is 9.56. The van der Waals surface area contributed by atoms with Gasteiger partial charge < -0.3 is 21.1 Å². The van der Waals surface area contributed by atoms with Crippen molar-refractivity contribution in [3.63, 3.8) is 0 Å². The highest BCUT2D eigenvalue weighted by molar-refractivity contribution is 6.04. The maximum absolute atomic E-state index is 12.9. The van der Waals surface area contributed by atoms with Crippen LogP contribution in [0.1, 0.15) is 48.9 Å². The van der Waals surface area contributed by atoms with Crippen LogP contribution in [0.5, 0.6) is 0 Å². The van der Waals surface area contributed by atoms with Gasteiger partial charge in [-0.1, -0.05) is 24.1 Å². The normalized spacial score (nSPS) is 15.2. The van der Waals surface area contributed by atoms with E-state index >= 15 is 0 Å². The van der Waals surface area contributed by atoms with Crippen LogP contribution in [0.3, 0.4) is 0 Å². The minimum atomic E-state index is -1.27. The number of amides is 2. The van der Waals surface area contributed by atoms with E-state index in [1.165, 1.54) is 13.8 Å². The maximum Gasteiger partial charge on any atom is 0.299 e. The number of fused-ring (bicyclic) bond motifs is 1. The Labute approximate surface area is 219 Å². The molecule has 38 heavy (non-hydrogen) atoms. The van der Waals surface area contributed by atoms with E-state index in [0.717, 1.165) is 12.0 Å². The highest BCUT2D eigenvalue weighted by Crippen LogP contribution is 2.36. The van der Waals surface area contributed by atoms with Crippen LogP contribution >= 0.6 is 0 Å². The van der Waals surface area contributed by atoms with Gasteiger partial charge in [0.15, 0.2) is 0 Å². The van der Waals surface area contributed by atoms with Crippen molar-refractivity contribution in [3.05, 3.63) is 72.4 Å². The summed E-state index contributed by atoms with van der Waals surface area (Å²) in [5.74, 6) is 5.94. The summed E-state index contributed by atoms with van der Waals surface area (Å²) in [6, 6.07) is 12.0. The summed E-state index contributed by atoms with van der Waals surface area (Å²) in [6.45, 7) is 3.60. The Bertz CT molecular complexity index is 1560. The molecule has 0 spiro atoms. The number of hydrogen-bond donors (Lipinski definition) is 3. The topological polar surface area (TPSA) is 139 Å². The van der Waals surface area contributed by atoms with Crippen molar-refractivity contribution in [1.29, 1.82) is 0 Å². The van der Waals surface area contributed by atoms with Crippen molar-refractivity contribution in [2.75, 3.05) is 17.6 Å². The van der Waals surface area contributed by atoms with Gasteiger partial charge in [-0.25, -0.2) is 15.0 Å². The van der Waals surface area contributed by atoms with Crippen LogP contribution in [0.2, 0.25) is 0 Å². The van der Waals surface area contributed by atoms with E-state index in [4.69, 9.17) is 10.7 Å². The van der Waals surface area contributed by atoms with Gasteiger partial charge in [-0.2, -0.15) is 0 Å². The first-order chi connectivity index (χ1) is 18.2. The van der Waals surface area contributed by atoms with Gasteiger partial charge in [0.1, 0.15) is 34.3 Å². The van der Waals surface area contributed by atoms with Crippen LogP contribution in [0.4, 0.5) is 11.6 Å². The first-order valence-corrected chi connectivity index (χ1v) is 12.2. The number of anilines is 2. The van der Waals surface area contributed by atoms with Crippen LogP contribution in [-0.4, -0.2) is 53.3 Å². The molecule has 0 saturated carbocycles. The van der Waals surface area contributed by atoms with Crippen molar-refractivity contribution < 1.29 is 14.7 Å². The first kappa shape index (κ1) is 24.9. The number of nitrogens with zero attached hydrogens (tertiary/aromatic N) is 5. The number of imidazole rings is 1. The molecular weight excluding hydrogens is 482 g/mol. The lowest BCUT2D eigenvalue weighted by molar-refractivity contribution is -0.126. The molecule has 4 aromatic rings. The summed E-state index contributed by atoms with van der Waals surface area (Å²) in [6.07, 6.45) is 6.49. The van der Waals surface area contributed by atoms with Crippen LogP contribution in [-0.2, 0) is 4.79 Å². The van der Waals surface area contributed by atoms with E-state index in [0.29, 0.717) is 47.2 Å². The van der Waals surface area contributed by atoms with Gasteiger partial charge >= 0.3 is 0 Å². The predicted octanol–water partition coefficient (Wildman–Crippen LogP) is 3.06. The fourth-order valence-electron chi connectivity index (χ4n) is 4.48. The lowest BCUT2D eigenvalue weighted by atomic mass is 10.1.